The van der Waals surface area contributed by atoms with E-state index in [0.717, 1.165) is 36.9 Å². The van der Waals surface area contributed by atoms with Crippen molar-refractivity contribution < 1.29 is 9.53 Å². The Hall–Kier alpha value is -1.58. The zero-order valence-electron chi connectivity index (χ0n) is 9.64. The van der Waals surface area contributed by atoms with Crippen molar-refractivity contribution in [2.75, 3.05) is 13.7 Å². The molecule has 1 aliphatic rings. The normalized spacial score (nSPS) is 19.9. The standard InChI is InChI=1S/C12H16N2O2/c1-9-6-12(16-2)13-7-10(9)11-4-3-5-14(11)8-15/h6-8,11H,3-5H2,1-2H3/t11-/m0/s1. The van der Waals surface area contributed by atoms with E-state index in [1.165, 1.54) is 0 Å². The van der Waals surface area contributed by atoms with Crippen LogP contribution in [0.2, 0.25) is 0 Å². The van der Waals surface area contributed by atoms with Gasteiger partial charge in [0, 0.05) is 18.8 Å². The third-order valence-electron chi connectivity index (χ3n) is 3.12. The van der Waals surface area contributed by atoms with E-state index >= 15 is 0 Å². The molecule has 1 atom stereocenters. The molecule has 0 bridgehead atoms. The summed E-state index contributed by atoms with van der Waals surface area (Å²) in [6.45, 7) is 2.88. The molecule has 0 radical (unpaired) electrons. The third-order valence-corrected chi connectivity index (χ3v) is 3.12. The van der Waals surface area contributed by atoms with Gasteiger partial charge in [-0.15, -0.1) is 0 Å². The predicted molar refractivity (Wildman–Crippen MR) is 60.3 cm³/mol. The number of aryl methyl sites for hydroxylation is 1. The van der Waals surface area contributed by atoms with Gasteiger partial charge in [-0.25, -0.2) is 4.98 Å². The lowest BCUT2D eigenvalue weighted by Crippen LogP contribution is -2.21. The molecule has 4 nitrogen and oxygen atoms in total. The van der Waals surface area contributed by atoms with Gasteiger partial charge in [-0.1, -0.05) is 0 Å². The van der Waals surface area contributed by atoms with E-state index in [4.69, 9.17) is 4.74 Å². The van der Waals surface area contributed by atoms with Gasteiger partial charge in [-0.3, -0.25) is 4.79 Å². The molecule has 1 fully saturated rings. The van der Waals surface area contributed by atoms with E-state index in [1.54, 1.807) is 7.11 Å². The number of hydrogen-bond acceptors (Lipinski definition) is 3. The maximum absolute atomic E-state index is 10.9. The van der Waals surface area contributed by atoms with Crippen molar-refractivity contribution in [3.8, 4) is 5.88 Å². The Morgan fingerprint density at radius 2 is 2.44 bits per heavy atom. The molecule has 16 heavy (non-hydrogen) atoms. The van der Waals surface area contributed by atoms with Crippen LogP contribution >= 0.6 is 0 Å². The number of carbonyl (C=O) groups excluding carboxylic acids is 1. The van der Waals surface area contributed by atoms with E-state index in [-0.39, 0.29) is 6.04 Å². The molecule has 0 aromatic carbocycles. The zero-order valence-corrected chi connectivity index (χ0v) is 9.64. The summed E-state index contributed by atoms with van der Waals surface area (Å²) in [6, 6.07) is 2.10. The van der Waals surface area contributed by atoms with Crippen molar-refractivity contribution in [1.82, 2.24) is 9.88 Å². The molecule has 4 heteroatoms. The Bertz CT molecular complexity index is 393. The molecule has 1 amide bonds. The lowest BCUT2D eigenvalue weighted by Gasteiger charge is -2.21. The molecule has 1 aromatic rings. The van der Waals surface area contributed by atoms with E-state index in [2.05, 4.69) is 4.98 Å². The maximum atomic E-state index is 10.9. The van der Waals surface area contributed by atoms with Gasteiger partial charge in [0.2, 0.25) is 12.3 Å². The van der Waals surface area contributed by atoms with Crippen molar-refractivity contribution >= 4 is 6.41 Å². The number of rotatable bonds is 3. The monoisotopic (exact) mass is 220 g/mol. The number of aromatic nitrogens is 1. The molecule has 86 valence electrons. The molecule has 1 aromatic heterocycles. The van der Waals surface area contributed by atoms with Gasteiger partial charge < -0.3 is 9.64 Å². The van der Waals surface area contributed by atoms with Gasteiger partial charge in [-0.05, 0) is 30.9 Å². The minimum atomic E-state index is 0.191. The molecule has 0 saturated carbocycles. The smallest absolute Gasteiger partial charge is 0.213 e. The summed E-state index contributed by atoms with van der Waals surface area (Å²) in [5.74, 6) is 0.622. The van der Waals surface area contributed by atoms with E-state index in [9.17, 15) is 4.79 Å². The lowest BCUT2D eigenvalue weighted by atomic mass is 10.0. The summed E-state index contributed by atoms with van der Waals surface area (Å²) in [7, 11) is 1.61. The fourth-order valence-electron chi connectivity index (χ4n) is 2.25. The quantitative estimate of drug-likeness (QED) is 0.728. The molecule has 1 saturated heterocycles. The molecule has 2 rings (SSSR count). The topological polar surface area (TPSA) is 42.4 Å². The number of amides is 1. The number of carbonyl (C=O) groups is 1. The van der Waals surface area contributed by atoms with Crippen LogP contribution in [0.3, 0.4) is 0 Å². The number of likely N-dealkylation sites (tertiary alicyclic amines) is 1. The van der Waals surface area contributed by atoms with Crippen LogP contribution in [-0.4, -0.2) is 29.9 Å². The van der Waals surface area contributed by atoms with Gasteiger partial charge in [0.25, 0.3) is 0 Å². The second kappa shape index (κ2) is 4.51. The van der Waals surface area contributed by atoms with Crippen LogP contribution in [-0.2, 0) is 4.79 Å². The van der Waals surface area contributed by atoms with Gasteiger partial charge in [-0.2, -0.15) is 0 Å². The molecular formula is C12H16N2O2. The Kier molecular flexibility index (Phi) is 3.08. The van der Waals surface area contributed by atoms with Crippen LogP contribution in [0, 0.1) is 6.92 Å². The highest BCUT2D eigenvalue weighted by Crippen LogP contribution is 2.32. The fraction of sp³-hybridized carbons (Fsp3) is 0.500. The van der Waals surface area contributed by atoms with Crippen molar-refractivity contribution in [2.45, 2.75) is 25.8 Å². The zero-order chi connectivity index (χ0) is 11.5. The summed E-state index contributed by atoms with van der Waals surface area (Å²) in [6.07, 6.45) is 4.84. The van der Waals surface area contributed by atoms with Crippen LogP contribution in [0.1, 0.15) is 30.0 Å². The van der Waals surface area contributed by atoms with Crippen molar-refractivity contribution in [1.29, 1.82) is 0 Å². The van der Waals surface area contributed by atoms with Crippen LogP contribution in [0.4, 0.5) is 0 Å². The highest BCUT2D eigenvalue weighted by atomic mass is 16.5. The van der Waals surface area contributed by atoms with Crippen LogP contribution in [0.25, 0.3) is 0 Å². The first kappa shape index (κ1) is 10.9. The van der Waals surface area contributed by atoms with Crippen LogP contribution in [0.5, 0.6) is 5.88 Å². The van der Waals surface area contributed by atoms with E-state index in [0.29, 0.717) is 5.88 Å². The number of nitrogens with zero attached hydrogens (tertiary/aromatic N) is 2. The van der Waals surface area contributed by atoms with Gasteiger partial charge in [0.15, 0.2) is 0 Å². The fourth-order valence-corrected chi connectivity index (χ4v) is 2.25. The van der Waals surface area contributed by atoms with Crippen LogP contribution < -0.4 is 4.74 Å². The Labute approximate surface area is 95.2 Å². The number of hydrogen-bond donors (Lipinski definition) is 0. The Morgan fingerprint density at radius 3 is 3.06 bits per heavy atom. The highest BCUT2D eigenvalue weighted by Gasteiger charge is 2.26. The maximum Gasteiger partial charge on any atom is 0.213 e. The number of ether oxygens (including phenoxy) is 1. The molecule has 1 aliphatic heterocycles. The third kappa shape index (κ3) is 1.87. The highest BCUT2D eigenvalue weighted by molar-refractivity contribution is 5.50. The van der Waals surface area contributed by atoms with Crippen molar-refractivity contribution in [2.24, 2.45) is 0 Å². The Morgan fingerprint density at radius 1 is 1.62 bits per heavy atom. The lowest BCUT2D eigenvalue weighted by molar-refractivity contribution is -0.118. The molecule has 2 heterocycles. The second-order valence-electron chi connectivity index (χ2n) is 4.08. The van der Waals surface area contributed by atoms with Crippen molar-refractivity contribution in [3.63, 3.8) is 0 Å². The number of methoxy groups -OCH3 is 1. The summed E-state index contributed by atoms with van der Waals surface area (Å²) < 4.78 is 5.07. The molecule has 0 unspecified atom stereocenters. The second-order valence-corrected chi connectivity index (χ2v) is 4.08. The SMILES string of the molecule is COc1cc(C)c([C@@H]2CCCN2C=O)cn1. The molecular weight excluding hydrogens is 204 g/mol. The van der Waals surface area contributed by atoms with Gasteiger partial charge in [0.05, 0.1) is 13.2 Å². The van der Waals surface area contributed by atoms with Gasteiger partial charge >= 0.3 is 0 Å². The average Bonchev–Trinajstić information content (AvgIpc) is 2.76. The minimum Gasteiger partial charge on any atom is -0.481 e. The first-order chi connectivity index (χ1) is 7.76. The largest absolute Gasteiger partial charge is 0.481 e. The summed E-state index contributed by atoms with van der Waals surface area (Å²) >= 11 is 0. The summed E-state index contributed by atoms with van der Waals surface area (Å²) in [5.41, 5.74) is 2.26. The predicted octanol–water partition coefficient (Wildman–Crippen LogP) is 1.69. The van der Waals surface area contributed by atoms with E-state index in [1.807, 2.05) is 24.1 Å². The first-order valence-electron chi connectivity index (χ1n) is 5.48. The minimum absolute atomic E-state index is 0.191. The van der Waals surface area contributed by atoms with E-state index < -0.39 is 0 Å². The Balaban J connectivity index is 2.29. The number of pyridine rings is 1. The summed E-state index contributed by atoms with van der Waals surface area (Å²) in [4.78, 5) is 17.0. The van der Waals surface area contributed by atoms with Crippen molar-refractivity contribution in [3.05, 3.63) is 23.4 Å². The average molecular weight is 220 g/mol. The van der Waals surface area contributed by atoms with Gasteiger partial charge in [0.1, 0.15) is 0 Å². The van der Waals surface area contributed by atoms with Crippen LogP contribution in [0.15, 0.2) is 12.3 Å². The molecule has 0 spiro atoms. The summed E-state index contributed by atoms with van der Waals surface area (Å²) in [5, 5.41) is 0. The molecule has 0 aliphatic carbocycles. The first-order valence-corrected chi connectivity index (χ1v) is 5.48. The molecule has 0 N–H and O–H groups in total.